The van der Waals surface area contributed by atoms with Crippen molar-refractivity contribution in [2.24, 2.45) is 0 Å². The Morgan fingerprint density at radius 1 is 0.514 bits per heavy atom. The van der Waals surface area contributed by atoms with Crippen molar-refractivity contribution in [1.82, 2.24) is 0 Å². The summed E-state index contributed by atoms with van der Waals surface area (Å²) >= 11 is 0. The summed E-state index contributed by atoms with van der Waals surface area (Å²) in [4.78, 5) is 32.3. The van der Waals surface area contributed by atoms with Crippen molar-refractivity contribution < 1.29 is 37.6 Å². The Morgan fingerprint density at radius 3 is 1.08 bits per heavy atom. The highest BCUT2D eigenvalue weighted by molar-refractivity contribution is 7.47. The number of rotatable bonds is 28. The van der Waals surface area contributed by atoms with Gasteiger partial charge in [-0.25, -0.2) is 4.57 Å². The fraction of sp³-hybridized carbons (Fsp3) is 0.929. The van der Waals surface area contributed by atoms with Crippen molar-refractivity contribution in [3.05, 3.63) is 0 Å². The molecule has 0 amide bonds. The topological polar surface area (TPSA) is 108 Å². The molecule has 0 aliphatic rings. The molecule has 0 aliphatic carbocycles. The van der Waals surface area contributed by atoms with Crippen molar-refractivity contribution in [2.75, 3.05) is 26.4 Å². The second kappa shape index (κ2) is 26.6. The van der Waals surface area contributed by atoms with Crippen LogP contribution in [0, 0.1) is 0 Å². The molecule has 8 nitrogen and oxygen atoms in total. The Bertz CT molecular complexity index is 539. The first-order chi connectivity index (χ1) is 17.9. The van der Waals surface area contributed by atoms with Gasteiger partial charge in [-0.3, -0.25) is 18.6 Å². The van der Waals surface area contributed by atoms with Crippen LogP contribution in [0.1, 0.15) is 142 Å². The average Bonchev–Trinajstić information content (AvgIpc) is 2.85. The first-order valence-electron chi connectivity index (χ1n) is 14.8. The SMILES string of the molecule is CCCC(=O)OCCCCCCCCCCOP(=O)(O)OCCCCCCCCCCOC(=O)CCC. The number of esters is 2. The monoisotopic (exact) mass is 550 g/mol. The van der Waals surface area contributed by atoms with Gasteiger partial charge in [0.1, 0.15) is 0 Å². The normalized spacial score (nSPS) is 11.5. The smallest absolute Gasteiger partial charge is 0.466 e. The van der Waals surface area contributed by atoms with Gasteiger partial charge in [0.05, 0.1) is 26.4 Å². The minimum Gasteiger partial charge on any atom is -0.466 e. The summed E-state index contributed by atoms with van der Waals surface area (Å²) in [5.74, 6) is -0.192. The molecule has 9 heteroatoms. The largest absolute Gasteiger partial charge is 0.472 e. The lowest BCUT2D eigenvalue weighted by atomic mass is 10.1. The van der Waals surface area contributed by atoms with E-state index in [1.165, 1.54) is 0 Å². The van der Waals surface area contributed by atoms with Crippen molar-refractivity contribution in [2.45, 2.75) is 142 Å². The minimum absolute atomic E-state index is 0.0960. The second-order valence-electron chi connectivity index (χ2n) is 9.73. The number of ether oxygens (including phenoxy) is 2. The van der Waals surface area contributed by atoms with Crippen LogP contribution >= 0.6 is 7.82 Å². The first-order valence-corrected chi connectivity index (χ1v) is 16.3. The molecule has 0 saturated carbocycles. The maximum absolute atomic E-state index is 11.9. The van der Waals surface area contributed by atoms with Crippen LogP contribution in [0.2, 0.25) is 0 Å². The van der Waals surface area contributed by atoms with Gasteiger partial charge in [-0.1, -0.05) is 90.9 Å². The van der Waals surface area contributed by atoms with E-state index in [1.54, 1.807) is 0 Å². The lowest BCUT2D eigenvalue weighted by Gasteiger charge is -2.12. The molecule has 0 heterocycles. The molecular formula is C28H55O8P. The number of phosphoric ester groups is 1. The second-order valence-corrected chi connectivity index (χ2v) is 11.2. The molecule has 0 aliphatic heterocycles. The van der Waals surface area contributed by atoms with Crippen LogP contribution in [0.4, 0.5) is 0 Å². The van der Waals surface area contributed by atoms with Crippen LogP contribution in [0.25, 0.3) is 0 Å². The van der Waals surface area contributed by atoms with Crippen LogP contribution < -0.4 is 0 Å². The standard InChI is InChI=1S/C28H55O8P/c1-3-21-27(29)33-23-17-13-9-5-7-11-15-19-25-35-37(31,32)36-26-20-16-12-8-6-10-14-18-24-34-28(30)22-4-2/h3-26H2,1-2H3,(H,31,32). The fourth-order valence-corrected chi connectivity index (χ4v) is 4.65. The lowest BCUT2D eigenvalue weighted by molar-refractivity contribution is -0.144. The third kappa shape index (κ3) is 27.9. The molecule has 0 aromatic rings. The summed E-state index contributed by atoms with van der Waals surface area (Å²) in [5, 5.41) is 0. The molecular weight excluding hydrogens is 495 g/mol. The molecule has 0 atom stereocenters. The Labute approximate surface area is 226 Å². The van der Waals surface area contributed by atoms with Gasteiger partial charge in [0.2, 0.25) is 0 Å². The van der Waals surface area contributed by atoms with E-state index in [9.17, 15) is 19.0 Å². The molecule has 0 saturated heterocycles. The Kier molecular flexibility index (Phi) is 26.0. The molecule has 0 aromatic carbocycles. The number of carbonyl (C=O) groups excluding carboxylic acids is 2. The van der Waals surface area contributed by atoms with Gasteiger partial charge in [0, 0.05) is 12.8 Å². The number of hydrogen-bond acceptors (Lipinski definition) is 7. The zero-order valence-electron chi connectivity index (χ0n) is 23.7. The summed E-state index contributed by atoms with van der Waals surface area (Å²) in [7, 11) is -3.94. The third-order valence-electron chi connectivity index (χ3n) is 6.02. The molecule has 0 fully saturated rings. The average molecular weight is 551 g/mol. The highest BCUT2D eigenvalue weighted by Gasteiger charge is 2.19. The van der Waals surface area contributed by atoms with Crippen LogP contribution in [-0.4, -0.2) is 43.3 Å². The van der Waals surface area contributed by atoms with Gasteiger partial charge in [-0.05, 0) is 38.5 Å². The molecule has 220 valence electrons. The highest BCUT2D eigenvalue weighted by Crippen LogP contribution is 2.43. The van der Waals surface area contributed by atoms with Gasteiger partial charge in [0.25, 0.3) is 0 Å². The molecule has 0 bridgehead atoms. The molecule has 37 heavy (non-hydrogen) atoms. The van der Waals surface area contributed by atoms with Crippen LogP contribution in [-0.2, 0) is 32.7 Å². The lowest BCUT2D eigenvalue weighted by Crippen LogP contribution is -2.04. The molecule has 0 radical (unpaired) electrons. The van der Waals surface area contributed by atoms with Gasteiger partial charge in [0.15, 0.2) is 0 Å². The zero-order valence-corrected chi connectivity index (χ0v) is 24.6. The Hall–Kier alpha value is -0.950. The maximum Gasteiger partial charge on any atom is 0.472 e. The summed E-state index contributed by atoms with van der Waals surface area (Å²) in [6, 6.07) is 0. The minimum atomic E-state index is -3.94. The first kappa shape index (κ1) is 36.0. The van der Waals surface area contributed by atoms with E-state index in [0.29, 0.717) is 26.1 Å². The number of phosphoric acid groups is 1. The van der Waals surface area contributed by atoms with Gasteiger partial charge < -0.3 is 14.4 Å². The van der Waals surface area contributed by atoms with Crippen molar-refractivity contribution in [1.29, 1.82) is 0 Å². The van der Waals surface area contributed by atoms with Crippen LogP contribution in [0.15, 0.2) is 0 Å². The predicted molar refractivity (Wildman–Crippen MR) is 147 cm³/mol. The quantitative estimate of drug-likeness (QED) is 0.0592. The summed E-state index contributed by atoms with van der Waals surface area (Å²) in [6.45, 7) is 5.49. The van der Waals surface area contributed by atoms with E-state index in [2.05, 4.69) is 0 Å². The van der Waals surface area contributed by atoms with Gasteiger partial charge >= 0.3 is 19.8 Å². The molecule has 0 unspecified atom stereocenters. The Balaban J connectivity index is 3.36. The van der Waals surface area contributed by atoms with Gasteiger partial charge in [-0.2, -0.15) is 0 Å². The zero-order chi connectivity index (χ0) is 27.5. The van der Waals surface area contributed by atoms with Crippen molar-refractivity contribution in [3.8, 4) is 0 Å². The molecule has 0 rings (SSSR count). The molecule has 1 N–H and O–H groups in total. The third-order valence-corrected chi connectivity index (χ3v) is 7.04. The van der Waals surface area contributed by atoms with E-state index in [1.807, 2.05) is 13.8 Å². The number of hydrogen-bond donors (Lipinski definition) is 1. The number of carbonyl (C=O) groups is 2. The summed E-state index contributed by atoms with van der Waals surface area (Å²) < 4.78 is 32.4. The molecule has 0 spiro atoms. The van der Waals surface area contributed by atoms with E-state index in [4.69, 9.17) is 18.5 Å². The summed E-state index contributed by atoms with van der Waals surface area (Å²) in [6.07, 6.45) is 19.1. The number of unbranched alkanes of at least 4 members (excludes halogenated alkanes) is 14. The Morgan fingerprint density at radius 2 is 0.784 bits per heavy atom. The van der Waals surface area contributed by atoms with Crippen LogP contribution in [0.5, 0.6) is 0 Å². The maximum atomic E-state index is 11.9. The molecule has 0 aromatic heterocycles. The summed E-state index contributed by atoms with van der Waals surface area (Å²) in [5.41, 5.74) is 0. The van der Waals surface area contributed by atoms with E-state index in [0.717, 1.165) is 116 Å². The van der Waals surface area contributed by atoms with E-state index < -0.39 is 7.82 Å². The highest BCUT2D eigenvalue weighted by atomic mass is 31.2. The van der Waals surface area contributed by atoms with E-state index in [-0.39, 0.29) is 25.2 Å². The van der Waals surface area contributed by atoms with Crippen molar-refractivity contribution in [3.63, 3.8) is 0 Å². The predicted octanol–water partition coefficient (Wildman–Crippen LogP) is 8.05. The van der Waals surface area contributed by atoms with Gasteiger partial charge in [-0.15, -0.1) is 0 Å². The van der Waals surface area contributed by atoms with E-state index >= 15 is 0 Å². The fourth-order valence-electron chi connectivity index (χ4n) is 3.85. The van der Waals surface area contributed by atoms with Crippen LogP contribution in [0.3, 0.4) is 0 Å². The van der Waals surface area contributed by atoms with Crippen molar-refractivity contribution >= 4 is 19.8 Å².